The quantitative estimate of drug-likeness (QED) is 0.788. The third-order valence-corrected chi connectivity index (χ3v) is 4.05. The maximum atomic E-state index is 13.4. The summed E-state index contributed by atoms with van der Waals surface area (Å²) in [5.74, 6) is 0.715. The molecule has 0 amide bonds. The molecule has 0 fully saturated rings. The van der Waals surface area contributed by atoms with Gasteiger partial charge in [-0.1, -0.05) is 6.07 Å². The van der Waals surface area contributed by atoms with E-state index in [0.29, 0.717) is 6.54 Å². The number of imidazole rings is 1. The van der Waals surface area contributed by atoms with Crippen molar-refractivity contribution < 1.29 is 4.39 Å². The summed E-state index contributed by atoms with van der Waals surface area (Å²) in [7, 11) is 1.97. The molecule has 1 unspecified atom stereocenters. The van der Waals surface area contributed by atoms with Crippen LogP contribution in [0.15, 0.2) is 42.9 Å². The van der Waals surface area contributed by atoms with E-state index in [2.05, 4.69) is 22.3 Å². The normalized spacial score (nSPS) is 12.5. The minimum absolute atomic E-state index is 0.119. The Morgan fingerprint density at radius 1 is 1.35 bits per heavy atom. The molecule has 1 aromatic carbocycles. The molecule has 2 aromatic heterocycles. The molecule has 6 heteroatoms. The van der Waals surface area contributed by atoms with Crippen molar-refractivity contribution in [1.29, 1.82) is 0 Å². The lowest BCUT2D eigenvalue weighted by Crippen LogP contribution is -2.20. The summed E-state index contributed by atoms with van der Waals surface area (Å²) in [6, 6.07) is 6.57. The zero-order valence-electron chi connectivity index (χ0n) is 13.5. The number of nitrogens with zero attached hydrogens (tertiary/aromatic N) is 4. The Morgan fingerprint density at radius 3 is 2.87 bits per heavy atom. The summed E-state index contributed by atoms with van der Waals surface area (Å²) >= 11 is 0. The first-order chi connectivity index (χ1) is 11.1. The number of benzene rings is 1. The third kappa shape index (κ3) is 3.17. The van der Waals surface area contributed by atoms with E-state index in [9.17, 15) is 4.39 Å². The van der Waals surface area contributed by atoms with Gasteiger partial charge in [-0.3, -0.25) is 0 Å². The Hall–Kier alpha value is -2.47. The Kier molecular flexibility index (Phi) is 4.25. The summed E-state index contributed by atoms with van der Waals surface area (Å²) in [4.78, 5) is 4.30. The molecule has 0 aliphatic heterocycles. The molecular formula is C17H20FN5. The molecule has 1 atom stereocenters. The van der Waals surface area contributed by atoms with Crippen molar-refractivity contribution in [1.82, 2.24) is 24.6 Å². The first-order valence-corrected chi connectivity index (χ1v) is 7.56. The lowest BCUT2D eigenvalue weighted by Gasteiger charge is -2.14. The molecule has 0 radical (unpaired) electrons. The van der Waals surface area contributed by atoms with Gasteiger partial charge in [-0.2, -0.15) is 5.10 Å². The van der Waals surface area contributed by atoms with Gasteiger partial charge in [0.05, 0.1) is 18.4 Å². The van der Waals surface area contributed by atoms with E-state index < -0.39 is 0 Å². The van der Waals surface area contributed by atoms with Crippen LogP contribution in [-0.4, -0.2) is 19.3 Å². The first-order valence-electron chi connectivity index (χ1n) is 7.56. The molecule has 3 rings (SSSR count). The predicted molar refractivity (Wildman–Crippen MR) is 86.7 cm³/mol. The number of aromatic nitrogens is 4. The van der Waals surface area contributed by atoms with Crippen LogP contribution in [0.4, 0.5) is 4.39 Å². The highest BCUT2D eigenvalue weighted by Gasteiger charge is 2.14. The van der Waals surface area contributed by atoms with Gasteiger partial charge < -0.3 is 9.88 Å². The molecule has 1 N–H and O–H groups in total. The highest BCUT2D eigenvalue weighted by Crippen LogP contribution is 2.20. The molecule has 2 heterocycles. The largest absolute Gasteiger partial charge is 0.337 e. The Labute approximate surface area is 134 Å². The average Bonchev–Trinajstić information content (AvgIpc) is 3.11. The van der Waals surface area contributed by atoms with Crippen molar-refractivity contribution >= 4 is 0 Å². The van der Waals surface area contributed by atoms with Crippen molar-refractivity contribution in [2.45, 2.75) is 26.4 Å². The van der Waals surface area contributed by atoms with Crippen LogP contribution in [0.5, 0.6) is 0 Å². The topological polar surface area (TPSA) is 47.7 Å². The van der Waals surface area contributed by atoms with Crippen LogP contribution in [-0.2, 0) is 13.6 Å². The molecule has 120 valence electrons. The number of hydrogen-bond donors (Lipinski definition) is 1. The number of rotatable bonds is 5. The molecule has 0 saturated heterocycles. The van der Waals surface area contributed by atoms with Gasteiger partial charge in [0.15, 0.2) is 0 Å². The lowest BCUT2D eigenvalue weighted by molar-refractivity contribution is 0.547. The summed E-state index contributed by atoms with van der Waals surface area (Å²) < 4.78 is 17.2. The highest BCUT2D eigenvalue weighted by atomic mass is 19.1. The number of nitrogens with one attached hydrogen (secondary N) is 1. The summed E-state index contributed by atoms with van der Waals surface area (Å²) in [5.41, 5.74) is 2.81. The zero-order valence-corrected chi connectivity index (χ0v) is 13.5. The van der Waals surface area contributed by atoms with Crippen molar-refractivity contribution in [2.24, 2.45) is 7.05 Å². The van der Waals surface area contributed by atoms with Gasteiger partial charge in [0.2, 0.25) is 0 Å². The second-order valence-electron chi connectivity index (χ2n) is 5.63. The molecule has 0 spiro atoms. The second-order valence-corrected chi connectivity index (χ2v) is 5.63. The van der Waals surface area contributed by atoms with Crippen LogP contribution in [0.3, 0.4) is 0 Å². The van der Waals surface area contributed by atoms with Gasteiger partial charge >= 0.3 is 0 Å². The number of halogens is 1. The van der Waals surface area contributed by atoms with Gasteiger partial charge in [-0.05, 0) is 32.0 Å². The molecule has 0 bridgehead atoms. The molecule has 0 aliphatic carbocycles. The standard InChI is InChI=1S/C17H20FN5/c1-12(20-11-17-19-7-8-22(17)3)16-10-21-23(13(16)2)15-6-4-5-14(18)9-15/h4-10,12,20H,11H2,1-3H3. The van der Waals surface area contributed by atoms with Gasteiger partial charge in [-0.25, -0.2) is 14.1 Å². The third-order valence-electron chi connectivity index (χ3n) is 4.05. The second kappa shape index (κ2) is 6.34. The summed E-state index contributed by atoms with van der Waals surface area (Å²) in [6.45, 7) is 4.75. The fraction of sp³-hybridized carbons (Fsp3) is 0.294. The van der Waals surface area contributed by atoms with Crippen LogP contribution >= 0.6 is 0 Å². The van der Waals surface area contributed by atoms with Crippen LogP contribution in [0.25, 0.3) is 5.69 Å². The maximum Gasteiger partial charge on any atom is 0.125 e. The minimum Gasteiger partial charge on any atom is -0.337 e. The fourth-order valence-corrected chi connectivity index (χ4v) is 2.64. The van der Waals surface area contributed by atoms with E-state index in [1.807, 2.05) is 37.0 Å². The number of aryl methyl sites for hydroxylation is 1. The van der Waals surface area contributed by atoms with Crippen molar-refractivity contribution in [3.8, 4) is 5.69 Å². The zero-order chi connectivity index (χ0) is 16.4. The minimum atomic E-state index is -0.264. The van der Waals surface area contributed by atoms with Crippen molar-refractivity contribution in [3.05, 3.63) is 65.8 Å². The Balaban J connectivity index is 1.77. The van der Waals surface area contributed by atoms with E-state index >= 15 is 0 Å². The van der Waals surface area contributed by atoms with Crippen LogP contribution in [0, 0.1) is 12.7 Å². The SMILES string of the molecule is Cc1c(C(C)NCc2nccn2C)cnn1-c1cccc(F)c1. The van der Waals surface area contributed by atoms with Gasteiger partial charge in [-0.15, -0.1) is 0 Å². The average molecular weight is 313 g/mol. The van der Waals surface area contributed by atoms with Crippen molar-refractivity contribution in [2.75, 3.05) is 0 Å². The van der Waals surface area contributed by atoms with Crippen LogP contribution < -0.4 is 5.32 Å². The smallest absolute Gasteiger partial charge is 0.125 e. The molecular weight excluding hydrogens is 293 g/mol. The fourth-order valence-electron chi connectivity index (χ4n) is 2.64. The van der Waals surface area contributed by atoms with Gasteiger partial charge in [0.1, 0.15) is 11.6 Å². The van der Waals surface area contributed by atoms with Crippen LogP contribution in [0.2, 0.25) is 0 Å². The summed E-state index contributed by atoms with van der Waals surface area (Å²) in [5, 5.41) is 7.85. The van der Waals surface area contributed by atoms with E-state index in [-0.39, 0.29) is 11.9 Å². The lowest BCUT2D eigenvalue weighted by atomic mass is 10.1. The van der Waals surface area contributed by atoms with E-state index in [0.717, 1.165) is 22.8 Å². The molecule has 0 aliphatic rings. The Bertz CT molecular complexity index is 805. The molecule has 23 heavy (non-hydrogen) atoms. The van der Waals surface area contributed by atoms with Crippen molar-refractivity contribution in [3.63, 3.8) is 0 Å². The van der Waals surface area contributed by atoms with E-state index in [1.54, 1.807) is 16.9 Å². The Morgan fingerprint density at radius 2 is 2.17 bits per heavy atom. The maximum absolute atomic E-state index is 13.4. The molecule has 3 aromatic rings. The highest BCUT2D eigenvalue weighted by molar-refractivity contribution is 5.35. The molecule has 5 nitrogen and oxygen atoms in total. The monoisotopic (exact) mass is 313 g/mol. The summed E-state index contributed by atoms with van der Waals surface area (Å²) in [6.07, 6.45) is 5.54. The van der Waals surface area contributed by atoms with Gasteiger partial charge in [0, 0.05) is 36.7 Å². The van der Waals surface area contributed by atoms with E-state index in [4.69, 9.17) is 0 Å². The first kappa shape index (κ1) is 15.4. The van der Waals surface area contributed by atoms with E-state index in [1.165, 1.54) is 12.1 Å². The van der Waals surface area contributed by atoms with Gasteiger partial charge in [0.25, 0.3) is 0 Å². The number of hydrogen-bond acceptors (Lipinski definition) is 3. The van der Waals surface area contributed by atoms with Crippen LogP contribution in [0.1, 0.15) is 30.0 Å². The predicted octanol–water partition coefficient (Wildman–Crippen LogP) is 2.90. The molecule has 0 saturated carbocycles.